The van der Waals surface area contributed by atoms with Gasteiger partial charge in [-0.1, -0.05) is 60.7 Å². The molecule has 0 aliphatic rings. The zero-order chi connectivity index (χ0) is 20.4. The van der Waals surface area contributed by atoms with Crippen LogP contribution in [0.2, 0.25) is 0 Å². The van der Waals surface area contributed by atoms with Crippen LogP contribution in [0, 0.1) is 17.2 Å². The number of nitrogens with zero attached hydrogens (tertiary/aromatic N) is 1. The van der Waals surface area contributed by atoms with Crippen molar-refractivity contribution < 1.29 is 19.5 Å². The van der Waals surface area contributed by atoms with Crippen LogP contribution in [-0.4, -0.2) is 28.8 Å². The van der Waals surface area contributed by atoms with E-state index in [9.17, 15) is 19.5 Å². The quantitative estimate of drug-likeness (QED) is 0.661. The predicted molar refractivity (Wildman–Crippen MR) is 103 cm³/mol. The van der Waals surface area contributed by atoms with Crippen molar-refractivity contribution in [3.05, 3.63) is 71.8 Å². The lowest BCUT2D eigenvalue weighted by molar-refractivity contribution is -0.142. The first kappa shape index (κ1) is 20.8. The van der Waals surface area contributed by atoms with Gasteiger partial charge >= 0.3 is 5.97 Å². The van der Waals surface area contributed by atoms with Crippen LogP contribution in [0.15, 0.2) is 60.7 Å². The molecule has 0 aliphatic carbocycles. The molecule has 0 heterocycles. The molecule has 2 rings (SSSR count). The number of nitrogens with one attached hydrogen (secondary N) is 1. The first-order valence-electron chi connectivity index (χ1n) is 8.99. The molecule has 2 N–H and O–H groups in total. The molecule has 0 aromatic heterocycles. The third-order valence-electron chi connectivity index (χ3n) is 4.34. The van der Waals surface area contributed by atoms with E-state index >= 15 is 0 Å². The van der Waals surface area contributed by atoms with Crippen molar-refractivity contribution in [2.24, 2.45) is 5.92 Å². The van der Waals surface area contributed by atoms with E-state index in [1.54, 1.807) is 30.3 Å². The summed E-state index contributed by atoms with van der Waals surface area (Å²) in [5, 5.41) is 20.8. The van der Waals surface area contributed by atoms with Crippen molar-refractivity contribution in [3.8, 4) is 6.07 Å². The number of benzene rings is 2. The number of carbonyl (C=O) groups excluding carboxylic acids is 2. The van der Waals surface area contributed by atoms with Crippen molar-refractivity contribution in [1.29, 1.82) is 5.26 Å². The highest BCUT2D eigenvalue weighted by Gasteiger charge is 2.27. The number of carbonyl (C=O) groups is 3. The topological polar surface area (TPSA) is 107 Å². The molecule has 0 spiro atoms. The molecule has 0 saturated heterocycles. The highest BCUT2D eigenvalue weighted by atomic mass is 16.4. The second kappa shape index (κ2) is 10.6. The Labute approximate surface area is 163 Å². The van der Waals surface area contributed by atoms with Crippen LogP contribution in [0.4, 0.5) is 0 Å². The zero-order valence-electron chi connectivity index (χ0n) is 15.4. The Kier molecular flexibility index (Phi) is 7.92. The van der Waals surface area contributed by atoms with Gasteiger partial charge in [-0.3, -0.25) is 9.59 Å². The van der Waals surface area contributed by atoms with Gasteiger partial charge in [-0.05, 0) is 17.5 Å². The number of aliphatic carboxylic acids is 1. The largest absolute Gasteiger partial charge is 0.480 e. The maximum atomic E-state index is 12.8. The van der Waals surface area contributed by atoms with Crippen molar-refractivity contribution in [2.45, 2.75) is 31.7 Å². The van der Waals surface area contributed by atoms with Gasteiger partial charge in [0.1, 0.15) is 11.8 Å². The smallest absolute Gasteiger partial charge is 0.326 e. The number of rotatable bonds is 10. The lowest BCUT2D eigenvalue weighted by atomic mass is 9.92. The zero-order valence-corrected chi connectivity index (χ0v) is 15.4. The monoisotopic (exact) mass is 378 g/mol. The van der Waals surface area contributed by atoms with Gasteiger partial charge in [0.2, 0.25) is 5.91 Å². The minimum Gasteiger partial charge on any atom is -0.480 e. The van der Waals surface area contributed by atoms with Crippen LogP contribution >= 0.6 is 0 Å². The van der Waals surface area contributed by atoms with E-state index in [1.165, 1.54) is 0 Å². The lowest BCUT2D eigenvalue weighted by Gasteiger charge is -2.20. The molecule has 0 fully saturated rings. The summed E-state index contributed by atoms with van der Waals surface area (Å²) in [4.78, 5) is 36.3. The van der Waals surface area contributed by atoms with E-state index in [0.717, 1.165) is 11.1 Å². The van der Waals surface area contributed by atoms with Gasteiger partial charge in [0.15, 0.2) is 0 Å². The summed E-state index contributed by atoms with van der Waals surface area (Å²) in [6.45, 7) is 0. The summed E-state index contributed by atoms with van der Waals surface area (Å²) in [7, 11) is 0. The molecule has 0 saturated carbocycles. The fourth-order valence-corrected chi connectivity index (χ4v) is 2.93. The normalized spacial score (nSPS) is 12.4. The van der Waals surface area contributed by atoms with Gasteiger partial charge in [-0.25, -0.2) is 4.79 Å². The molecule has 28 heavy (non-hydrogen) atoms. The first-order valence-corrected chi connectivity index (χ1v) is 8.99. The minimum atomic E-state index is -1.14. The Morgan fingerprint density at radius 1 is 0.929 bits per heavy atom. The molecule has 2 aromatic rings. The average molecular weight is 378 g/mol. The summed E-state index contributed by atoms with van der Waals surface area (Å²) in [6.07, 6.45) is 0.0601. The fraction of sp³-hybridized carbons (Fsp3) is 0.273. The second-order valence-electron chi connectivity index (χ2n) is 6.55. The molecule has 144 valence electrons. The van der Waals surface area contributed by atoms with Gasteiger partial charge in [-0.15, -0.1) is 0 Å². The Balaban J connectivity index is 2.13. The standard InChI is InChI=1S/C22H22N2O4/c23-12-11-19(25)15-18(13-16-7-3-1-4-8-16)21(26)24-20(22(27)28)14-17-9-5-2-6-10-17/h1-10,18,20H,11,13-15H2,(H,24,26)(H,27,28)/t18-,20+/m1/s1. The number of hydrogen-bond acceptors (Lipinski definition) is 4. The molecular weight excluding hydrogens is 356 g/mol. The summed E-state index contributed by atoms with van der Waals surface area (Å²) < 4.78 is 0. The van der Waals surface area contributed by atoms with Crippen LogP contribution in [-0.2, 0) is 27.2 Å². The molecule has 2 aromatic carbocycles. The van der Waals surface area contributed by atoms with E-state index in [-0.39, 0.29) is 25.0 Å². The number of Topliss-reactive ketones (excluding diaryl/α,β-unsaturated/α-hetero) is 1. The van der Waals surface area contributed by atoms with Gasteiger partial charge in [0.05, 0.1) is 12.5 Å². The van der Waals surface area contributed by atoms with Crippen molar-refractivity contribution >= 4 is 17.7 Å². The van der Waals surface area contributed by atoms with Crippen LogP contribution in [0.5, 0.6) is 0 Å². The number of carboxylic acid groups (broad SMARTS) is 1. The number of ketones is 1. The van der Waals surface area contributed by atoms with E-state index in [0.29, 0.717) is 6.42 Å². The van der Waals surface area contributed by atoms with Crippen LogP contribution in [0.3, 0.4) is 0 Å². The van der Waals surface area contributed by atoms with E-state index in [4.69, 9.17) is 5.26 Å². The average Bonchev–Trinajstić information content (AvgIpc) is 2.68. The third kappa shape index (κ3) is 6.69. The summed E-state index contributed by atoms with van der Waals surface area (Å²) in [5.74, 6) is -2.72. The van der Waals surface area contributed by atoms with Crippen LogP contribution in [0.25, 0.3) is 0 Å². The molecule has 6 nitrogen and oxygen atoms in total. The Morgan fingerprint density at radius 3 is 1.96 bits per heavy atom. The number of nitriles is 1. The Hall–Kier alpha value is -3.46. The molecule has 2 atom stereocenters. The maximum absolute atomic E-state index is 12.8. The fourth-order valence-electron chi connectivity index (χ4n) is 2.93. The Bertz CT molecular complexity index is 844. The molecule has 6 heteroatoms. The highest BCUT2D eigenvalue weighted by molar-refractivity contribution is 5.90. The van der Waals surface area contributed by atoms with Gasteiger partial charge in [0.25, 0.3) is 0 Å². The maximum Gasteiger partial charge on any atom is 0.326 e. The minimum absolute atomic E-state index is 0.105. The van der Waals surface area contributed by atoms with Crippen molar-refractivity contribution in [2.75, 3.05) is 0 Å². The molecule has 1 amide bonds. The SMILES string of the molecule is N#CCC(=O)C[C@@H](Cc1ccccc1)C(=O)N[C@@H](Cc1ccccc1)C(=O)O. The van der Waals surface area contributed by atoms with Crippen molar-refractivity contribution in [1.82, 2.24) is 5.32 Å². The summed E-state index contributed by atoms with van der Waals surface area (Å²) >= 11 is 0. The molecule has 0 radical (unpaired) electrons. The number of carboxylic acids is 1. The Morgan fingerprint density at radius 2 is 1.46 bits per heavy atom. The van der Waals surface area contributed by atoms with E-state index < -0.39 is 23.8 Å². The summed E-state index contributed by atoms with van der Waals surface area (Å²) in [5.41, 5.74) is 1.65. The van der Waals surface area contributed by atoms with Crippen LogP contribution < -0.4 is 5.32 Å². The van der Waals surface area contributed by atoms with Crippen molar-refractivity contribution in [3.63, 3.8) is 0 Å². The molecule has 0 bridgehead atoms. The van der Waals surface area contributed by atoms with E-state index in [1.807, 2.05) is 36.4 Å². The third-order valence-corrected chi connectivity index (χ3v) is 4.34. The lowest BCUT2D eigenvalue weighted by Crippen LogP contribution is -2.45. The van der Waals surface area contributed by atoms with Gasteiger partial charge < -0.3 is 10.4 Å². The number of hydrogen-bond donors (Lipinski definition) is 2. The highest BCUT2D eigenvalue weighted by Crippen LogP contribution is 2.15. The molecule has 0 unspecified atom stereocenters. The van der Waals surface area contributed by atoms with Crippen LogP contribution in [0.1, 0.15) is 24.0 Å². The first-order chi connectivity index (χ1) is 13.5. The molecular formula is C22H22N2O4. The molecule has 0 aliphatic heterocycles. The van der Waals surface area contributed by atoms with Gasteiger partial charge in [-0.2, -0.15) is 5.26 Å². The second-order valence-corrected chi connectivity index (χ2v) is 6.55. The van der Waals surface area contributed by atoms with E-state index in [2.05, 4.69) is 5.32 Å². The summed E-state index contributed by atoms with van der Waals surface area (Å²) in [6, 6.07) is 18.9. The number of amides is 1. The predicted octanol–water partition coefficient (Wildman–Crippen LogP) is 2.53. The van der Waals surface area contributed by atoms with Gasteiger partial charge in [0, 0.05) is 18.8 Å².